The molecule has 3 aromatic carbocycles. The van der Waals surface area contributed by atoms with Crippen LogP contribution in [0, 0.1) is 0 Å². The average molecular weight is 404 g/mol. The van der Waals surface area contributed by atoms with E-state index in [4.69, 9.17) is 0 Å². The zero-order chi connectivity index (χ0) is 20.1. The van der Waals surface area contributed by atoms with E-state index in [1.807, 2.05) is 23.1 Å². The maximum absolute atomic E-state index is 13.5. The lowest BCUT2D eigenvalue weighted by molar-refractivity contribution is -0.130. The van der Waals surface area contributed by atoms with E-state index in [2.05, 4.69) is 72.8 Å². The third-order valence-corrected chi connectivity index (χ3v) is 10.1. The second-order valence-corrected chi connectivity index (χ2v) is 11.1. The van der Waals surface area contributed by atoms with Crippen molar-refractivity contribution in [2.45, 2.75) is 18.9 Å². The second kappa shape index (κ2) is 8.90. The minimum absolute atomic E-state index is 0.182. The first-order valence-electron chi connectivity index (χ1n) is 10.2. The van der Waals surface area contributed by atoms with Crippen LogP contribution in [0.2, 0.25) is 0 Å². The van der Waals surface area contributed by atoms with Crippen LogP contribution in [0.25, 0.3) is 0 Å². The van der Waals surface area contributed by atoms with E-state index in [1.54, 1.807) is 0 Å². The fraction of sp³-hybridized carbons (Fsp3) is 0.240. The fourth-order valence-corrected chi connectivity index (χ4v) is 8.28. The maximum Gasteiger partial charge on any atom is 0.261 e. The lowest BCUT2D eigenvalue weighted by atomic mass is 10.1. The Morgan fingerprint density at radius 2 is 1.14 bits per heavy atom. The highest BCUT2D eigenvalue weighted by Crippen LogP contribution is 2.55. The summed E-state index contributed by atoms with van der Waals surface area (Å²) in [5, 5.41) is 13.5. The molecular weight excluding hydrogens is 377 g/mol. The van der Waals surface area contributed by atoms with Crippen molar-refractivity contribution in [2.24, 2.45) is 0 Å². The Bertz CT molecular complexity index is 826. The average Bonchev–Trinajstić information content (AvgIpc) is 2.79. The Morgan fingerprint density at radius 1 is 0.759 bits per heavy atom. The first kappa shape index (κ1) is 19.8. The summed E-state index contributed by atoms with van der Waals surface area (Å²) in [6, 6.07) is 31.5. The van der Waals surface area contributed by atoms with Crippen molar-refractivity contribution in [3.63, 3.8) is 0 Å². The van der Waals surface area contributed by atoms with Crippen molar-refractivity contribution in [2.75, 3.05) is 19.3 Å². The predicted molar refractivity (Wildman–Crippen MR) is 122 cm³/mol. The number of likely N-dealkylation sites (tertiary alicyclic amines) is 1. The number of nitrogens with zero attached hydrogens (tertiary/aromatic N) is 1. The van der Waals surface area contributed by atoms with E-state index in [0.29, 0.717) is 32.1 Å². The molecule has 148 valence electrons. The van der Waals surface area contributed by atoms with Crippen molar-refractivity contribution in [1.29, 1.82) is 0 Å². The summed E-state index contributed by atoms with van der Waals surface area (Å²) in [7, 11) is -2.14. The molecule has 0 spiro atoms. The van der Waals surface area contributed by atoms with Gasteiger partial charge >= 0.3 is 0 Å². The Balaban J connectivity index is 1.83. The van der Waals surface area contributed by atoms with Crippen molar-refractivity contribution in [3.8, 4) is 0 Å². The number of carbonyl (C=O) groups is 1. The lowest BCUT2D eigenvalue weighted by Crippen LogP contribution is -2.45. The normalized spacial score (nSPS) is 15.3. The Kier molecular flexibility index (Phi) is 6.08. The molecule has 0 atom stereocenters. The number of aliphatic hydroxyl groups is 1. The van der Waals surface area contributed by atoms with Crippen molar-refractivity contribution >= 4 is 29.1 Å². The first-order chi connectivity index (χ1) is 14.2. The van der Waals surface area contributed by atoms with Crippen LogP contribution in [-0.4, -0.2) is 41.3 Å². The molecular formula is C25H27NO2P+. The molecule has 0 unspecified atom stereocenters. The van der Waals surface area contributed by atoms with E-state index < -0.39 is 7.26 Å². The largest absolute Gasteiger partial charge is 0.393 e. The number of hydrogen-bond acceptors (Lipinski definition) is 2. The van der Waals surface area contributed by atoms with E-state index in [9.17, 15) is 9.90 Å². The van der Waals surface area contributed by atoms with E-state index in [0.717, 1.165) is 0 Å². The quantitative estimate of drug-likeness (QED) is 0.665. The van der Waals surface area contributed by atoms with Gasteiger partial charge in [-0.15, -0.1) is 0 Å². The SMILES string of the molecule is O=C(C[P+](c1ccccc1)(c1ccccc1)c1ccccc1)N1CCC(O)CC1. The zero-order valence-corrected chi connectivity index (χ0v) is 17.4. The molecule has 29 heavy (non-hydrogen) atoms. The van der Waals surface area contributed by atoms with Crippen LogP contribution in [0.4, 0.5) is 0 Å². The first-order valence-corrected chi connectivity index (χ1v) is 12.2. The van der Waals surface area contributed by atoms with E-state index in [1.165, 1.54) is 15.9 Å². The van der Waals surface area contributed by atoms with Gasteiger partial charge in [0, 0.05) is 13.1 Å². The smallest absolute Gasteiger partial charge is 0.261 e. The van der Waals surface area contributed by atoms with Gasteiger partial charge in [-0.2, -0.15) is 0 Å². The summed E-state index contributed by atoms with van der Waals surface area (Å²) in [6.45, 7) is 1.27. The van der Waals surface area contributed by atoms with Gasteiger partial charge in [0.1, 0.15) is 23.2 Å². The van der Waals surface area contributed by atoms with Crippen LogP contribution >= 0.6 is 7.26 Å². The fourth-order valence-electron chi connectivity index (χ4n) is 4.19. The highest BCUT2D eigenvalue weighted by atomic mass is 31.2. The standard InChI is InChI=1S/C25H27NO2P/c27-21-16-18-26(19-17-21)25(28)20-29(22-10-4-1-5-11-22,23-12-6-2-7-13-23)24-14-8-3-9-15-24/h1-15,21,27H,16-20H2/q+1. The van der Waals surface area contributed by atoms with Crippen molar-refractivity contribution < 1.29 is 9.90 Å². The summed E-state index contributed by atoms with van der Waals surface area (Å²) in [5.41, 5.74) is 0. The molecule has 3 aromatic rings. The highest BCUT2D eigenvalue weighted by Gasteiger charge is 2.48. The van der Waals surface area contributed by atoms with Gasteiger partial charge in [0.05, 0.1) is 6.10 Å². The molecule has 1 saturated heterocycles. The second-order valence-electron chi connectivity index (χ2n) is 7.59. The molecule has 0 saturated carbocycles. The van der Waals surface area contributed by atoms with Gasteiger partial charge in [0.25, 0.3) is 5.91 Å². The summed E-state index contributed by atoms with van der Waals surface area (Å²) < 4.78 is 0. The summed E-state index contributed by atoms with van der Waals surface area (Å²) in [5.74, 6) is 0.182. The number of amides is 1. The molecule has 1 amide bonds. The molecule has 0 radical (unpaired) electrons. The topological polar surface area (TPSA) is 40.5 Å². The number of rotatable bonds is 5. The van der Waals surface area contributed by atoms with Gasteiger partial charge < -0.3 is 10.0 Å². The molecule has 0 aliphatic carbocycles. The number of aliphatic hydroxyl groups excluding tert-OH is 1. The molecule has 1 aliphatic heterocycles. The molecule has 3 nitrogen and oxygen atoms in total. The van der Waals surface area contributed by atoms with Crippen LogP contribution in [0.1, 0.15) is 12.8 Å². The molecule has 1 fully saturated rings. The molecule has 4 heteroatoms. The molecule has 4 rings (SSSR count). The summed E-state index contributed by atoms with van der Waals surface area (Å²) in [4.78, 5) is 15.5. The zero-order valence-electron chi connectivity index (χ0n) is 16.5. The number of piperidine rings is 1. The Labute approximate surface area is 173 Å². The predicted octanol–water partition coefficient (Wildman–Crippen LogP) is 2.96. The van der Waals surface area contributed by atoms with Gasteiger partial charge in [-0.1, -0.05) is 54.6 Å². The maximum atomic E-state index is 13.5. The van der Waals surface area contributed by atoms with Gasteiger partial charge in [-0.3, -0.25) is 4.79 Å². The van der Waals surface area contributed by atoms with Crippen LogP contribution in [0.3, 0.4) is 0 Å². The molecule has 0 aromatic heterocycles. The van der Waals surface area contributed by atoms with E-state index >= 15 is 0 Å². The monoisotopic (exact) mass is 404 g/mol. The van der Waals surface area contributed by atoms with Gasteiger partial charge in [-0.05, 0) is 49.2 Å². The molecule has 1 N–H and O–H groups in total. The van der Waals surface area contributed by atoms with Crippen LogP contribution in [0.5, 0.6) is 0 Å². The van der Waals surface area contributed by atoms with Gasteiger partial charge in [0.2, 0.25) is 0 Å². The Hall–Kier alpha value is -2.48. The minimum atomic E-state index is -2.14. The summed E-state index contributed by atoms with van der Waals surface area (Å²) in [6.07, 6.45) is 1.52. The third-order valence-electron chi connectivity index (χ3n) is 5.78. The van der Waals surface area contributed by atoms with E-state index in [-0.39, 0.29) is 12.0 Å². The van der Waals surface area contributed by atoms with Crippen LogP contribution < -0.4 is 15.9 Å². The number of benzene rings is 3. The molecule has 1 heterocycles. The number of hydrogen-bond donors (Lipinski definition) is 1. The lowest BCUT2D eigenvalue weighted by Gasteiger charge is -2.33. The van der Waals surface area contributed by atoms with Crippen LogP contribution in [0.15, 0.2) is 91.0 Å². The highest BCUT2D eigenvalue weighted by molar-refractivity contribution is 7.96. The third kappa shape index (κ3) is 4.12. The van der Waals surface area contributed by atoms with Gasteiger partial charge in [0.15, 0.2) is 6.16 Å². The van der Waals surface area contributed by atoms with Gasteiger partial charge in [-0.25, -0.2) is 0 Å². The van der Waals surface area contributed by atoms with Crippen molar-refractivity contribution in [3.05, 3.63) is 91.0 Å². The minimum Gasteiger partial charge on any atom is -0.393 e. The number of carbonyl (C=O) groups excluding carboxylic acids is 1. The molecule has 0 bridgehead atoms. The Morgan fingerprint density at radius 3 is 1.52 bits per heavy atom. The van der Waals surface area contributed by atoms with Crippen molar-refractivity contribution in [1.82, 2.24) is 4.90 Å². The summed E-state index contributed by atoms with van der Waals surface area (Å²) >= 11 is 0. The molecule has 1 aliphatic rings. The van der Waals surface area contributed by atoms with Crippen LogP contribution in [-0.2, 0) is 4.79 Å².